The molecule has 0 aromatic carbocycles. The Morgan fingerprint density at radius 1 is 1.59 bits per heavy atom. The molecule has 2 rings (SSSR count). The van der Waals surface area contributed by atoms with E-state index in [9.17, 15) is 15.1 Å². The molecule has 0 radical (unpaired) electrons. The molecule has 0 amide bonds. The highest BCUT2D eigenvalue weighted by Gasteiger charge is 2.41. The van der Waals surface area contributed by atoms with Crippen LogP contribution in [0.25, 0.3) is 0 Å². The van der Waals surface area contributed by atoms with Gasteiger partial charge in [-0.25, -0.2) is 9.63 Å². The summed E-state index contributed by atoms with van der Waals surface area (Å²) in [5.41, 5.74) is 4.48. The molecule has 94 valence electrons. The lowest BCUT2D eigenvalue weighted by atomic mass is 10.3. The minimum absolute atomic E-state index is 0.00851. The van der Waals surface area contributed by atoms with Crippen molar-refractivity contribution < 1.29 is 20.3 Å². The van der Waals surface area contributed by atoms with E-state index in [1.807, 2.05) is 0 Å². The highest BCUT2D eigenvalue weighted by atomic mass is 16.9. The summed E-state index contributed by atoms with van der Waals surface area (Å²) in [4.78, 5) is 19.8. The summed E-state index contributed by atoms with van der Waals surface area (Å²) in [7, 11) is 0. The molecule has 1 aromatic rings. The molecule has 2 heterocycles. The molecule has 1 aromatic heterocycles. The highest BCUT2D eigenvalue weighted by Crippen LogP contribution is 2.15. The van der Waals surface area contributed by atoms with Gasteiger partial charge in [0, 0.05) is 6.20 Å². The average Bonchev–Trinajstić information content (AvgIpc) is 2.57. The lowest BCUT2D eigenvalue weighted by Crippen LogP contribution is -2.49. The number of nitrogens with zero attached hydrogens (tertiary/aromatic N) is 4. The molecule has 2 atom stereocenters. The standard InChI is InChI=1S/C7H11N5O5/c8-5-1-2-10(7(15)9-5)12-11(16)6(14)4(3-13)17-12/h1-2,4,6,13-14,16H,3H2,(H2,8,9,15)/t4-,6-/m1/s1. The van der Waals surface area contributed by atoms with Gasteiger partial charge in [0.25, 0.3) is 0 Å². The van der Waals surface area contributed by atoms with Gasteiger partial charge >= 0.3 is 5.69 Å². The van der Waals surface area contributed by atoms with Crippen molar-refractivity contribution in [2.45, 2.75) is 12.3 Å². The Hall–Kier alpha value is -1.72. The maximum absolute atomic E-state index is 11.4. The van der Waals surface area contributed by atoms with Gasteiger partial charge in [-0.2, -0.15) is 9.66 Å². The van der Waals surface area contributed by atoms with Gasteiger partial charge in [-0.1, -0.05) is 5.28 Å². The van der Waals surface area contributed by atoms with E-state index in [-0.39, 0.29) is 11.0 Å². The SMILES string of the molecule is Nc1ccn(N2O[C@H](CO)[C@@H](O)N2O)c(=O)n1. The minimum Gasteiger partial charge on any atom is -0.393 e. The normalized spacial score (nSPS) is 25.5. The minimum atomic E-state index is -1.50. The lowest BCUT2D eigenvalue weighted by Gasteiger charge is -2.22. The largest absolute Gasteiger partial charge is 0.393 e. The number of hydrazine groups is 1. The number of nitrogen functional groups attached to an aromatic ring is 1. The van der Waals surface area contributed by atoms with Crippen LogP contribution in [0.3, 0.4) is 0 Å². The van der Waals surface area contributed by atoms with Crippen molar-refractivity contribution in [3.63, 3.8) is 0 Å². The zero-order valence-electron chi connectivity index (χ0n) is 8.54. The fourth-order valence-corrected chi connectivity index (χ4v) is 1.29. The maximum Gasteiger partial charge on any atom is 0.371 e. The molecule has 0 aliphatic carbocycles. The van der Waals surface area contributed by atoms with Gasteiger partial charge in [0.15, 0.2) is 12.3 Å². The second kappa shape index (κ2) is 4.27. The number of nitrogens with two attached hydrogens (primary N) is 1. The van der Waals surface area contributed by atoms with Crippen molar-refractivity contribution >= 4 is 5.82 Å². The van der Waals surface area contributed by atoms with Crippen LogP contribution in [0.2, 0.25) is 0 Å². The first-order valence-electron chi connectivity index (χ1n) is 4.64. The van der Waals surface area contributed by atoms with E-state index >= 15 is 0 Å². The van der Waals surface area contributed by atoms with Gasteiger partial charge in [-0.05, 0) is 11.2 Å². The molecule has 17 heavy (non-hydrogen) atoms. The van der Waals surface area contributed by atoms with E-state index in [0.29, 0.717) is 5.28 Å². The first kappa shape index (κ1) is 11.8. The number of hydrogen-bond acceptors (Lipinski definition) is 9. The lowest BCUT2D eigenvalue weighted by molar-refractivity contribution is -0.210. The van der Waals surface area contributed by atoms with Crippen LogP contribution in [0.15, 0.2) is 17.1 Å². The van der Waals surface area contributed by atoms with E-state index in [0.717, 1.165) is 4.68 Å². The predicted molar refractivity (Wildman–Crippen MR) is 52.7 cm³/mol. The molecule has 1 aliphatic heterocycles. The Morgan fingerprint density at radius 2 is 2.29 bits per heavy atom. The van der Waals surface area contributed by atoms with Gasteiger partial charge in [-0.3, -0.25) is 5.21 Å². The molecule has 0 spiro atoms. The van der Waals surface area contributed by atoms with Crippen LogP contribution in [0.4, 0.5) is 5.82 Å². The molecule has 1 saturated heterocycles. The number of rotatable bonds is 2. The molecule has 0 unspecified atom stereocenters. The third kappa shape index (κ3) is 1.94. The van der Waals surface area contributed by atoms with Crippen molar-refractivity contribution in [3.05, 3.63) is 22.7 Å². The van der Waals surface area contributed by atoms with Gasteiger partial charge < -0.3 is 15.9 Å². The van der Waals surface area contributed by atoms with Crippen LogP contribution >= 0.6 is 0 Å². The van der Waals surface area contributed by atoms with Gasteiger partial charge in [0.2, 0.25) is 0 Å². The third-order valence-corrected chi connectivity index (χ3v) is 2.15. The van der Waals surface area contributed by atoms with Crippen LogP contribution in [-0.2, 0) is 4.84 Å². The zero-order chi connectivity index (χ0) is 12.6. The molecule has 0 saturated carbocycles. The van der Waals surface area contributed by atoms with E-state index < -0.39 is 24.6 Å². The number of aliphatic hydroxyl groups is 2. The van der Waals surface area contributed by atoms with E-state index in [4.69, 9.17) is 15.7 Å². The second-order valence-corrected chi connectivity index (χ2v) is 3.29. The Morgan fingerprint density at radius 3 is 2.82 bits per heavy atom. The molecular formula is C7H11N5O5. The Kier molecular flexibility index (Phi) is 2.95. The van der Waals surface area contributed by atoms with Crippen LogP contribution in [0.1, 0.15) is 0 Å². The first-order chi connectivity index (χ1) is 8.04. The van der Waals surface area contributed by atoms with Crippen LogP contribution in [0, 0.1) is 0 Å². The van der Waals surface area contributed by atoms with Crippen LogP contribution in [-0.4, -0.2) is 49.2 Å². The van der Waals surface area contributed by atoms with E-state index in [1.165, 1.54) is 12.3 Å². The first-order valence-corrected chi connectivity index (χ1v) is 4.64. The van der Waals surface area contributed by atoms with E-state index in [2.05, 4.69) is 4.98 Å². The maximum atomic E-state index is 11.4. The summed E-state index contributed by atoms with van der Waals surface area (Å²) in [6.45, 7) is -0.536. The van der Waals surface area contributed by atoms with E-state index in [1.54, 1.807) is 0 Å². The van der Waals surface area contributed by atoms with Crippen molar-refractivity contribution in [2.24, 2.45) is 0 Å². The van der Waals surface area contributed by atoms with Crippen molar-refractivity contribution in [1.29, 1.82) is 0 Å². The van der Waals surface area contributed by atoms with Crippen molar-refractivity contribution in [1.82, 2.24) is 14.8 Å². The number of hydroxylamine groups is 1. The summed E-state index contributed by atoms with van der Waals surface area (Å²) in [5, 5.41) is 28.6. The molecule has 1 fully saturated rings. The van der Waals surface area contributed by atoms with Crippen LogP contribution < -0.4 is 16.7 Å². The number of aromatic nitrogens is 2. The number of hydrogen-bond donors (Lipinski definition) is 4. The predicted octanol–water partition coefficient (Wildman–Crippen LogP) is -3.01. The monoisotopic (exact) mass is 245 g/mol. The summed E-state index contributed by atoms with van der Waals surface area (Å²) >= 11 is 0. The average molecular weight is 245 g/mol. The summed E-state index contributed by atoms with van der Waals surface area (Å²) in [6.07, 6.45) is -1.38. The third-order valence-electron chi connectivity index (χ3n) is 2.15. The molecule has 5 N–H and O–H groups in total. The number of anilines is 1. The van der Waals surface area contributed by atoms with Crippen LogP contribution in [0.5, 0.6) is 0 Å². The summed E-state index contributed by atoms with van der Waals surface area (Å²) in [5.74, 6) is 0.00851. The fourth-order valence-electron chi connectivity index (χ4n) is 1.29. The summed E-state index contributed by atoms with van der Waals surface area (Å²) < 4.78 is 0.773. The Labute approximate surface area is 94.5 Å². The number of aliphatic hydroxyl groups excluding tert-OH is 2. The van der Waals surface area contributed by atoms with Crippen molar-refractivity contribution in [2.75, 3.05) is 17.6 Å². The molecular weight excluding hydrogens is 234 g/mol. The van der Waals surface area contributed by atoms with Crippen molar-refractivity contribution in [3.8, 4) is 0 Å². The Balaban J connectivity index is 2.32. The highest BCUT2D eigenvalue weighted by molar-refractivity contribution is 5.23. The topological polar surface area (TPSA) is 137 Å². The molecule has 10 heteroatoms. The quantitative estimate of drug-likeness (QED) is 0.429. The van der Waals surface area contributed by atoms with Gasteiger partial charge in [0.05, 0.1) is 6.61 Å². The second-order valence-electron chi connectivity index (χ2n) is 3.29. The molecule has 10 nitrogen and oxygen atoms in total. The molecule has 0 bridgehead atoms. The summed E-state index contributed by atoms with van der Waals surface area (Å²) in [6, 6.07) is 1.30. The Bertz CT molecular complexity index is 464. The smallest absolute Gasteiger partial charge is 0.371 e. The van der Waals surface area contributed by atoms with Gasteiger partial charge in [-0.15, -0.1) is 0 Å². The zero-order valence-corrected chi connectivity index (χ0v) is 8.54. The molecule has 1 aliphatic rings. The fraction of sp³-hybridized carbons (Fsp3) is 0.429. The van der Waals surface area contributed by atoms with Gasteiger partial charge in [0.1, 0.15) is 5.82 Å².